The molecule has 0 saturated carbocycles. The van der Waals surface area contributed by atoms with Crippen LogP contribution in [0.1, 0.15) is 66.8 Å². The average molecular weight is 481 g/mol. The molecule has 4 heteroatoms. The molecule has 36 heavy (non-hydrogen) atoms. The summed E-state index contributed by atoms with van der Waals surface area (Å²) in [5, 5.41) is 45.0. The number of phenolic OH excluding ortho intramolecular Hbond substituents is 4. The highest BCUT2D eigenvalue weighted by Gasteiger charge is 2.20. The lowest BCUT2D eigenvalue weighted by atomic mass is 9.89. The highest BCUT2D eigenvalue weighted by atomic mass is 16.3. The Morgan fingerprint density at radius 2 is 0.472 bits per heavy atom. The molecule has 4 nitrogen and oxygen atoms in total. The van der Waals surface area contributed by atoms with Gasteiger partial charge < -0.3 is 20.4 Å². The standard InChI is InChI=1S/C32H32O4/c1-17-5-21-13-23-7-18(2)9-25(30(23)34)15-27-11-20(4)12-28(32(27)36)16-26-10-19(3)8-24(31(26)35)14-22(6-17)29(21)33/h5-12,33-36H,13-16H2,1-4H3. The van der Waals surface area contributed by atoms with Gasteiger partial charge in [0.2, 0.25) is 0 Å². The van der Waals surface area contributed by atoms with E-state index in [-0.39, 0.29) is 23.0 Å². The van der Waals surface area contributed by atoms with Gasteiger partial charge in [-0.05, 0) is 72.2 Å². The van der Waals surface area contributed by atoms with Gasteiger partial charge in [0.05, 0.1) is 0 Å². The minimum atomic E-state index is 0.191. The van der Waals surface area contributed by atoms with Crippen molar-refractivity contribution in [3.63, 3.8) is 0 Å². The van der Waals surface area contributed by atoms with Crippen LogP contribution in [0.2, 0.25) is 0 Å². The molecule has 0 unspecified atom stereocenters. The van der Waals surface area contributed by atoms with E-state index in [9.17, 15) is 20.4 Å². The normalized spacial score (nSPS) is 13.0. The number of aromatic hydroxyl groups is 4. The number of hydrogen-bond donors (Lipinski definition) is 4. The molecule has 184 valence electrons. The Bertz CT molecular complexity index is 1190. The molecule has 0 spiro atoms. The van der Waals surface area contributed by atoms with Crippen molar-refractivity contribution in [2.75, 3.05) is 0 Å². The molecule has 1 aliphatic carbocycles. The summed E-state index contributed by atoms with van der Waals surface area (Å²) in [6.45, 7) is 7.97. The summed E-state index contributed by atoms with van der Waals surface area (Å²) < 4.78 is 0. The van der Waals surface area contributed by atoms with E-state index in [2.05, 4.69) is 0 Å². The van der Waals surface area contributed by atoms with Gasteiger partial charge >= 0.3 is 0 Å². The van der Waals surface area contributed by atoms with Crippen molar-refractivity contribution in [3.05, 3.63) is 115 Å². The summed E-state index contributed by atoms with van der Waals surface area (Å²) in [6, 6.07) is 15.6. The summed E-state index contributed by atoms with van der Waals surface area (Å²) in [6.07, 6.45) is 1.49. The zero-order valence-electron chi connectivity index (χ0n) is 21.2. The zero-order valence-corrected chi connectivity index (χ0v) is 21.2. The molecule has 4 aromatic rings. The van der Waals surface area contributed by atoms with Crippen molar-refractivity contribution in [3.8, 4) is 23.0 Å². The van der Waals surface area contributed by atoms with Gasteiger partial charge in [0, 0.05) is 25.7 Å². The van der Waals surface area contributed by atoms with Gasteiger partial charge in [0.1, 0.15) is 23.0 Å². The Morgan fingerprint density at radius 3 is 0.611 bits per heavy atom. The van der Waals surface area contributed by atoms with Crippen LogP contribution in [0.25, 0.3) is 0 Å². The van der Waals surface area contributed by atoms with Crippen molar-refractivity contribution >= 4 is 0 Å². The summed E-state index contributed by atoms with van der Waals surface area (Å²) >= 11 is 0. The number of benzene rings is 4. The molecule has 0 fully saturated rings. The maximum absolute atomic E-state index is 11.2. The van der Waals surface area contributed by atoms with Crippen LogP contribution in [0.5, 0.6) is 23.0 Å². The van der Waals surface area contributed by atoms with Gasteiger partial charge in [-0.2, -0.15) is 0 Å². The zero-order chi connectivity index (χ0) is 25.7. The van der Waals surface area contributed by atoms with Gasteiger partial charge in [0.25, 0.3) is 0 Å². The van der Waals surface area contributed by atoms with Crippen LogP contribution in [-0.2, 0) is 25.7 Å². The fraction of sp³-hybridized carbons (Fsp3) is 0.250. The second kappa shape index (κ2) is 8.94. The molecule has 1 aliphatic rings. The number of phenols is 4. The highest BCUT2D eigenvalue weighted by molar-refractivity contribution is 5.57. The van der Waals surface area contributed by atoms with Crippen LogP contribution in [0.15, 0.2) is 48.5 Å². The SMILES string of the molecule is Cc1cc2c(O)c(c1)Cc1cc(C)cc(c1O)Cc1cc(C)cc(c1O)Cc1cc(C)cc(c1O)C2. The van der Waals surface area contributed by atoms with E-state index in [1.54, 1.807) is 0 Å². The van der Waals surface area contributed by atoms with E-state index in [0.29, 0.717) is 25.7 Å². The second-order valence-corrected chi connectivity index (χ2v) is 10.4. The molecule has 8 bridgehead atoms. The number of fused-ring (bicyclic) bond motifs is 8. The lowest BCUT2D eigenvalue weighted by Crippen LogP contribution is -2.02. The van der Waals surface area contributed by atoms with Gasteiger partial charge in [-0.25, -0.2) is 0 Å². The van der Waals surface area contributed by atoms with E-state index >= 15 is 0 Å². The minimum Gasteiger partial charge on any atom is -0.507 e. The Kier molecular flexibility index (Phi) is 5.91. The molecule has 0 radical (unpaired) electrons. The maximum atomic E-state index is 11.2. The first-order chi connectivity index (χ1) is 17.1. The molecule has 0 heterocycles. The molecule has 0 amide bonds. The Labute approximate surface area is 212 Å². The topological polar surface area (TPSA) is 80.9 Å². The first-order valence-corrected chi connectivity index (χ1v) is 12.3. The highest BCUT2D eigenvalue weighted by Crippen LogP contribution is 2.38. The Balaban J connectivity index is 1.78. The van der Waals surface area contributed by atoms with Crippen LogP contribution >= 0.6 is 0 Å². The third-order valence-corrected chi connectivity index (χ3v) is 7.17. The fourth-order valence-electron chi connectivity index (χ4n) is 5.64. The third-order valence-electron chi connectivity index (χ3n) is 7.17. The minimum absolute atomic E-state index is 0.191. The summed E-state index contributed by atoms with van der Waals surface area (Å²) in [5.41, 5.74) is 9.90. The van der Waals surface area contributed by atoms with Gasteiger partial charge in [-0.1, -0.05) is 70.8 Å². The second-order valence-electron chi connectivity index (χ2n) is 10.4. The number of aryl methyl sites for hydroxylation is 4. The van der Waals surface area contributed by atoms with Gasteiger partial charge in [0.15, 0.2) is 0 Å². The predicted octanol–water partition coefficient (Wildman–Crippen LogP) is 6.42. The summed E-state index contributed by atoms with van der Waals surface area (Å²) in [5.74, 6) is 0.763. The van der Waals surface area contributed by atoms with Crippen LogP contribution in [0.4, 0.5) is 0 Å². The molecule has 0 aromatic heterocycles. The molecule has 5 rings (SSSR count). The smallest absolute Gasteiger partial charge is 0.122 e. The predicted molar refractivity (Wildman–Crippen MR) is 143 cm³/mol. The molecule has 0 saturated heterocycles. The molecular formula is C32H32O4. The molecule has 4 N–H and O–H groups in total. The van der Waals surface area contributed by atoms with E-state index < -0.39 is 0 Å². The fourth-order valence-corrected chi connectivity index (χ4v) is 5.64. The van der Waals surface area contributed by atoms with Crippen molar-refractivity contribution < 1.29 is 20.4 Å². The summed E-state index contributed by atoms with van der Waals surface area (Å²) in [7, 11) is 0. The number of hydrogen-bond acceptors (Lipinski definition) is 4. The van der Waals surface area contributed by atoms with Crippen LogP contribution < -0.4 is 0 Å². The lowest BCUT2D eigenvalue weighted by Gasteiger charge is -2.19. The first kappa shape index (κ1) is 23.8. The number of rotatable bonds is 0. The third kappa shape index (κ3) is 4.39. The maximum Gasteiger partial charge on any atom is 0.122 e. The largest absolute Gasteiger partial charge is 0.507 e. The average Bonchev–Trinajstić information content (AvgIpc) is 2.80. The van der Waals surface area contributed by atoms with E-state index in [0.717, 1.165) is 66.8 Å². The van der Waals surface area contributed by atoms with Crippen molar-refractivity contribution in [2.45, 2.75) is 53.4 Å². The molecular weight excluding hydrogens is 448 g/mol. The van der Waals surface area contributed by atoms with Crippen molar-refractivity contribution in [1.82, 2.24) is 0 Å². The Hall–Kier alpha value is -3.92. The van der Waals surface area contributed by atoms with Crippen molar-refractivity contribution in [2.24, 2.45) is 0 Å². The van der Waals surface area contributed by atoms with Crippen LogP contribution in [0, 0.1) is 27.7 Å². The van der Waals surface area contributed by atoms with Crippen LogP contribution in [0.3, 0.4) is 0 Å². The van der Waals surface area contributed by atoms with E-state index in [1.165, 1.54) is 0 Å². The van der Waals surface area contributed by atoms with Gasteiger partial charge in [-0.3, -0.25) is 0 Å². The molecule has 0 aliphatic heterocycles. The van der Waals surface area contributed by atoms with Crippen LogP contribution in [-0.4, -0.2) is 20.4 Å². The first-order valence-electron chi connectivity index (χ1n) is 12.3. The van der Waals surface area contributed by atoms with E-state index in [1.807, 2.05) is 76.2 Å². The van der Waals surface area contributed by atoms with Gasteiger partial charge in [-0.15, -0.1) is 0 Å². The lowest BCUT2D eigenvalue weighted by molar-refractivity contribution is 0.450. The summed E-state index contributed by atoms with van der Waals surface area (Å²) in [4.78, 5) is 0. The Morgan fingerprint density at radius 1 is 0.333 bits per heavy atom. The quantitative estimate of drug-likeness (QED) is 0.206. The molecule has 4 aromatic carbocycles. The van der Waals surface area contributed by atoms with E-state index in [4.69, 9.17) is 0 Å². The monoisotopic (exact) mass is 480 g/mol. The van der Waals surface area contributed by atoms with Crippen molar-refractivity contribution in [1.29, 1.82) is 0 Å². The molecule has 0 atom stereocenters.